The molecule has 3 rings (SSSR count). The van der Waals surface area contributed by atoms with Gasteiger partial charge in [0.1, 0.15) is 5.75 Å². The maximum Gasteiger partial charge on any atom is 0.319 e. The maximum atomic E-state index is 12.0. The van der Waals surface area contributed by atoms with E-state index in [9.17, 15) is 4.79 Å². The van der Waals surface area contributed by atoms with Gasteiger partial charge in [-0.3, -0.25) is 0 Å². The second-order valence-corrected chi connectivity index (χ2v) is 5.51. The Bertz CT molecular complexity index is 683. The van der Waals surface area contributed by atoms with Gasteiger partial charge in [-0.15, -0.1) is 0 Å². The molecule has 0 aromatic heterocycles. The van der Waals surface area contributed by atoms with Crippen molar-refractivity contribution in [3.05, 3.63) is 53.6 Å². The lowest BCUT2D eigenvalue weighted by Gasteiger charge is -2.21. The SMILES string of the molecule is COc1ccc(NC(=O)NCc2cccc3c2CCCN3)cc1. The molecule has 23 heavy (non-hydrogen) atoms. The molecule has 0 fully saturated rings. The van der Waals surface area contributed by atoms with Crippen LogP contribution in [0.5, 0.6) is 5.75 Å². The summed E-state index contributed by atoms with van der Waals surface area (Å²) in [5, 5.41) is 9.14. The van der Waals surface area contributed by atoms with E-state index in [4.69, 9.17) is 4.74 Å². The molecule has 0 unspecified atom stereocenters. The zero-order valence-corrected chi connectivity index (χ0v) is 13.2. The van der Waals surface area contributed by atoms with Crippen molar-refractivity contribution in [2.75, 3.05) is 24.3 Å². The summed E-state index contributed by atoms with van der Waals surface area (Å²) in [4.78, 5) is 12.0. The Morgan fingerprint density at radius 1 is 1.22 bits per heavy atom. The van der Waals surface area contributed by atoms with Gasteiger partial charge in [0.15, 0.2) is 0 Å². The van der Waals surface area contributed by atoms with E-state index in [1.807, 2.05) is 30.3 Å². The van der Waals surface area contributed by atoms with Crippen molar-refractivity contribution in [3.63, 3.8) is 0 Å². The number of fused-ring (bicyclic) bond motifs is 1. The molecule has 0 saturated carbocycles. The molecule has 3 N–H and O–H groups in total. The first-order chi connectivity index (χ1) is 11.3. The fourth-order valence-electron chi connectivity index (χ4n) is 2.77. The minimum atomic E-state index is -0.212. The second kappa shape index (κ2) is 7.05. The maximum absolute atomic E-state index is 12.0. The number of methoxy groups -OCH3 is 1. The van der Waals surface area contributed by atoms with E-state index < -0.39 is 0 Å². The van der Waals surface area contributed by atoms with Crippen molar-refractivity contribution in [1.82, 2.24) is 5.32 Å². The molecular weight excluding hydrogens is 290 g/mol. The molecule has 0 bridgehead atoms. The van der Waals surface area contributed by atoms with Crippen LogP contribution in [0.3, 0.4) is 0 Å². The van der Waals surface area contributed by atoms with Gasteiger partial charge in [-0.05, 0) is 54.3 Å². The van der Waals surface area contributed by atoms with Gasteiger partial charge in [-0.1, -0.05) is 12.1 Å². The highest BCUT2D eigenvalue weighted by Crippen LogP contribution is 2.25. The molecule has 2 aromatic rings. The number of rotatable bonds is 4. The van der Waals surface area contributed by atoms with Gasteiger partial charge in [0.05, 0.1) is 7.11 Å². The Hall–Kier alpha value is -2.69. The van der Waals surface area contributed by atoms with Gasteiger partial charge in [0.25, 0.3) is 0 Å². The molecule has 1 aliphatic heterocycles. The summed E-state index contributed by atoms with van der Waals surface area (Å²) in [7, 11) is 1.62. The van der Waals surface area contributed by atoms with Crippen LogP contribution >= 0.6 is 0 Å². The van der Waals surface area contributed by atoms with Gasteiger partial charge in [-0.25, -0.2) is 4.79 Å². The fraction of sp³-hybridized carbons (Fsp3) is 0.278. The van der Waals surface area contributed by atoms with Gasteiger partial charge in [0.2, 0.25) is 0 Å². The van der Waals surface area contributed by atoms with Crippen molar-refractivity contribution < 1.29 is 9.53 Å². The topological polar surface area (TPSA) is 62.4 Å². The van der Waals surface area contributed by atoms with E-state index in [0.29, 0.717) is 6.54 Å². The molecule has 0 aliphatic carbocycles. The molecular formula is C18H21N3O2. The number of hydrogen-bond acceptors (Lipinski definition) is 3. The predicted octanol–water partition coefficient (Wildman–Crippen LogP) is 3.38. The van der Waals surface area contributed by atoms with Crippen molar-refractivity contribution >= 4 is 17.4 Å². The van der Waals surface area contributed by atoms with Crippen LogP contribution in [-0.4, -0.2) is 19.7 Å². The predicted molar refractivity (Wildman–Crippen MR) is 92.1 cm³/mol. The number of hydrogen-bond donors (Lipinski definition) is 3. The van der Waals surface area contributed by atoms with Crippen molar-refractivity contribution in [2.45, 2.75) is 19.4 Å². The molecule has 1 aliphatic rings. The van der Waals surface area contributed by atoms with E-state index in [0.717, 1.165) is 30.8 Å². The Morgan fingerprint density at radius 3 is 2.83 bits per heavy atom. The van der Waals surface area contributed by atoms with E-state index in [-0.39, 0.29) is 6.03 Å². The summed E-state index contributed by atoms with van der Waals surface area (Å²) in [6, 6.07) is 13.2. The highest BCUT2D eigenvalue weighted by molar-refractivity contribution is 5.89. The van der Waals surface area contributed by atoms with E-state index in [1.54, 1.807) is 7.11 Å². The van der Waals surface area contributed by atoms with Crippen LogP contribution in [0.1, 0.15) is 17.5 Å². The van der Waals surface area contributed by atoms with Gasteiger partial charge >= 0.3 is 6.03 Å². The molecule has 1 heterocycles. The molecule has 0 saturated heterocycles. The van der Waals surface area contributed by atoms with Crippen LogP contribution in [0, 0.1) is 0 Å². The molecule has 120 valence electrons. The summed E-state index contributed by atoms with van der Waals surface area (Å²) in [5.74, 6) is 0.763. The van der Waals surface area contributed by atoms with E-state index >= 15 is 0 Å². The molecule has 5 heteroatoms. The summed E-state index contributed by atoms with van der Waals surface area (Å²) in [6.45, 7) is 1.54. The average Bonchev–Trinajstić information content (AvgIpc) is 2.60. The first-order valence-corrected chi connectivity index (χ1v) is 7.80. The van der Waals surface area contributed by atoms with Gasteiger partial charge in [-0.2, -0.15) is 0 Å². The highest BCUT2D eigenvalue weighted by Gasteiger charge is 2.12. The number of ether oxygens (including phenoxy) is 1. The van der Waals surface area contributed by atoms with Crippen LogP contribution in [0.25, 0.3) is 0 Å². The second-order valence-electron chi connectivity index (χ2n) is 5.51. The van der Waals surface area contributed by atoms with Gasteiger partial charge in [0, 0.05) is 24.5 Å². The summed E-state index contributed by atoms with van der Waals surface area (Å²) >= 11 is 0. The van der Waals surface area contributed by atoms with Gasteiger partial charge < -0.3 is 20.7 Å². The summed E-state index contributed by atoms with van der Waals surface area (Å²) in [6.07, 6.45) is 2.18. The number of anilines is 2. The third kappa shape index (κ3) is 3.74. The molecule has 0 radical (unpaired) electrons. The molecule has 5 nitrogen and oxygen atoms in total. The number of nitrogens with one attached hydrogen (secondary N) is 3. The third-order valence-corrected chi connectivity index (χ3v) is 3.98. The Balaban J connectivity index is 1.58. The normalized spacial score (nSPS) is 12.7. The zero-order chi connectivity index (χ0) is 16.1. The van der Waals surface area contributed by atoms with Crippen LogP contribution in [0.2, 0.25) is 0 Å². The van der Waals surface area contributed by atoms with E-state index in [2.05, 4.69) is 28.1 Å². The fourth-order valence-corrected chi connectivity index (χ4v) is 2.77. The first kappa shape index (κ1) is 15.2. The standard InChI is InChI=1S/C18H21N3O2/c1-23-15-9-7-14(8-10-15)21-18(22)20-12-13-4-2-6-17-16(13)5-3-11-19-17/h2,4,6-10,19H,3,5,11-12H2,1H3,(H2,20,21,22). The lowest BCUT2D eigenvalue weighted by molar-refractivity contribution is 0.251. The average molecular weight is 311 g/mol. The van der Waals surface area contributed by atoms with Crippen LogP contribution in [0.15, 0.2) is 42.5 Å². The molecule has 0 atom stereocenters. The van der Waals surface area contributed by atoms with Crippen molar-refractivity contribution in [2.24, 2.45) is 0 Å². The van der Waals surface area contributed by atoms with Crippen LogP contribution in [0.4, 0.5) is 16.2 Å². The minimum Gasteiger partial charge on any atom is -0.497 e. The Kier molecular flexibility index (Phi) is 4.66. The monoisotopic (exact) mass is 311 g/mol. The smallest absolute Gasteiger partial charge is 0.319 e. The summed E-state index contributed by atoms with van der Waals surface area (Å²) < 4.78 is 5.10. The van der Waals surface area contributed by atoms with Crippen molar-refractivity contribution in [1.29, 1.82) is 0 Å². The molecule has 0 spiro atoms. The number of urea groups is 1. The quantitative estimate of drug-likeness (QED) is 0.811. The van der Waals surface area contributed by atoms with E-state index in [1.165, 1.54) is 16.8 Å². The lowest BCUT2D eigenvalue weighted by atomic mass is 9.97. The lowest BCUT2D eigenvalue weighted by Crippen LogP contribution is -2.29. The molecule has 2 aromatic carbocycles. The minimum absolute atomic E-state index is 0.212. The first-order valence-electron chi connectivity index (χ1n) is 7.80. The Morgan fingerprint density at radius 2 is 2.04 bits per heavy atom. The third-order valence-electron chi connectivity index (χ3n) is 3.98. The van der Waals surface area contributed by atoms with Crippen LogP contribution in [-0.2, 0) is 13.0 Å². The largest absolute Gasteiger partial charge is 0.497 e. The zero-order valence-electron chi connectivity index (χ0n) is 13.2. The number of amides is 2. The molecule has 2 amide bonds. The highest BCUT2D eigenvalue weighted by atomic mass is 16.5. The van der Waals surface area contributed by atoms with Crippen LogP contribution < -0.4 is 20.7 Å². The Labute approximate surface area is 136 Å². The number of carbonyl (C=O) groups excluding carboxylic acids is 1. The number of benzene rings is 2. The number of carbonyl (C=O) groups is 1. The summed E-state index contributed by atoms with van der Waals surface area (Å²) in [5.41, 5.74) is 4.40. The van der Waals surface area contributed by atoms with Crippen molar-refractivity contribution in [3.8, 4) is 5.75 Å².